The van der Waals surface area contributed by atoms with Gasteiger partial charge < -0.3 is 15.8 Å². The van der Waals surface area contributed by atoms with Crippen LogP contribution >= 0.6 is 0 Å². The van der Waals surface area contributed by atoms with E-state index in [4.69, 9.17) is 5.73 Å². The third-order valence-corrected chi connectivity index (χ3v) is 5.44. The largest absolute Gasteiger partial charge is 0.390 e. The van der Waals surface area contributed by atoms with E-state index in [0.29, 0.717) is 0 Å². The molecule has 0 radical (unpaired) electrons. The zero-order valence-electron chi connectivity index (χ0n) is 12.6. The minimum Gasteiger partial charge on any atom is -0.390 e. The standard InChI is InChI=1S/C17H22N4O/c18-15-12-3-1-2-4-13(12)17(16(15)22)5-9-21(10-6-17)11-14-19-7-8-20-14/h1-4,7-8,15-16,22H,5-6,9-11,18H2,(H,19,20)/t15-,16+/m1/s1. The van der Waals surface area contributed by atoms with Gasteiger partial charge in [-0.15, -0.1) is 0 Å². The van der Waals surface area contributed by atoms with E-state index in [2.05, 4.69) is 33.1 Å². The summed E-state index contributed by atoms with van der Waals surface area (Å²) in [6, 6.07) is 8.02. The molecule has 0 amide bonds. The Kier molecular flexibility index (Phi) is 3.29. The molecule has 1 aliphatic carbocycles. The van der Waals surface area contributed by atoms with Gasteiger partial charge in [0.25, 0.3) is 0 Å². The summed E-state index contributed by atoms with van der Waals surface area (Å²) in [5.74, 6) is 1.00. The number of aromatic amines is 1. The second kappa shape index (κ2) is 5.19. The minimum atomic E-state index is -0.476. The Hall–Kier alpha value is -1.69. The summed E-state index contributed by atoms with van der Waals surface area (Å²) in [7, 11) is 0. The SMILES string of the molecule is N[C@@H]1c2ccccc2C2(CCN(Cc3ncc[nH]3)CC2)[C@H]1O. The highest BCUT2D eigenvalue weighted by Gasteiger charge is 2.51. The summed E-state index contributed by atoms with van der Waals surface area (Å²) in [6.07, 6.45) is 5.06. The average Bonchev–Trinajstić information content (AvgIpc) is 3.13. The van der Waals surface area contributed by atoms with Gasteiger partial charge in [-0.2, -0.15) is 0 Å². The second-order valence-corrected chi connectivity index (χ2v) is 6.53. The highest BCUT2D eigenvalue weighted by atomic mass is 16.3. The molecular formula is C17H22N4O. The van der Waals surface area contributed by atoms with Gasteiger partial charge >= 0.3 is 0 Å². The van der Waals surface area contributed by atoms with Gasteiger partial charge in [0.15, 0.2) is 0 Å². The van der Waals surface area contributed by atoms with Crippen LogP contribution in [0.25, 0.3) is 0 Å². The molecule has 22 heavy (non-hydrogen) atoms. The molecule has 4 rings (SSSR count). The molecule has 1 aliphatic heterocycles. The number of imidazole rings is 1. The van der Waals surface area contributed by atoms with Gasteiger partial charge in [0, 0.05) is 17.8 Å². The van der Waals surface area contributed by atoms with Crippen LogP contribution in [0.2, 0.25) is 0 Å². The molecule has 0 bridgehead atoms. The number of nitrogens with two attached hydrogens (primary N) is 1. The van der Waals surface area contributed by atoms with Crippen LogP contribution in [0, 0.1) is 0 Å². The Morgan fingerprint density at radius 1 is 1.32 bits per heavy atom. The van der Waals surface area contributed by atoms with Gasteiger partial charge in [0.1, 0.15) is 5.82 Å². The van der Waals surface area contributed by atoms with Crippen LogP contribution < -0.4 is 5.73 Å². The van der Waals surface area contributed by atoms with Crippen LogP contribution in [0.5, 0.6) is 0 Å². The number of nitrogens with one attached hydrogen (secondary N) is 1. The second-order valence-electron chi connectivity index (χ2n) is 6.53. The predicted molar refractivity (Wildman–Crippen MR) is 84.2 cm³/mol. The smallest absolute Gasteiger partial charge is 0.120 e. The van der Waals surface area contributed by atoms with Crippen molar-refractivity contribution in [2.24, 2.45) is 5.73 Å². The number of hydrogen-bond donors (Lipinski definition) is 3. The van der Waals surface area contributed by atoms with Crippen molar-refractivity contribution in [2.45, 2.75) is 36.9 Å². The summed E-state index contributed by atoms with van der Waals surface area (Å²) in [6.45, 7) is 2.75. The van der Waals surface area contributed by atoms with E-state index in [1.165, 1.54) is 5.56 Å². The molecule has 0 unspecified atom stereocenters. The van der Waals surface area contributed by atoms with Crippen molar-refractivity contribution >= 4 is 0 Å². The Morgan fingerprint density at radius 3 is 2.82 bits per heavy atom. The molecule has 116 valence electrons. The van der Waals surface area contributed by atoms with Crippen LogP contribution in [0.4, 0.5) is 0 Å². The van der Waals surface area contributed by atoms with Crippen LogP contribution in [-0.4, -0.2) is 39.2 Å². The maximum absolute atomic E-state index is 10.8. The van der Waals surface area contributed by atoms with Crippen LogP contribution in [0.3, 0.4) is 0 Å². The van der Waals surface area contributed by atoms with Crippen LogP contribution in [0.15, 0.2) is 36.7 Å². The molecule has 2 heterocycles. The third kappa shape index (κ3) is 2.00. The molecule has 2 aliphatic rings. The Labute approximate surface area is 130 Å². The van der Waals surface area contributed by atoms with Gasteiger partial charge in [-0.3, -0.25) is 4.90 Å². The van der Waals surface area contributed by atoms with Crippen molar-refractivity contribution in [1.82, 2.24) is 14.9 Å². The first-order valence-corrected chi connectivity index (χ1v) is 7.94. The number of aliphatic hydroxyl groups excluding tert-OH is 1. The lowest BCUT2D eigenvalue weighted by Crippen LogP contribution is -2.48. The first-order valence-electron chi connectivity index (χ1n) is 7.94. The molecule has 1 fully saturated rings. The molecule has 5 nitrogen and oxygen atoms in total. The average molecular weight is 298 g/mol. The number of aromatic nitrogens is 2. The van der Waals surface area contributed by atoms with Gasteiger partial charge in [-0.25, -0.2) is 4.98 Å². The number of piperidine rings is 1. The number of rotatable bonds is 2. The van der Waals surface area contributed by atoms with Gasteiger partial charge in [-0.1, -0.05) is 24.3 Å². The van der Waals surface area contributed by atoms with E-state index in [0.717, 1.165) is 43.9 Å². The lowest BCUT2D eigenvalue weighted by atomic mass is 9.72. The van der Waals surface area contributed by atoms with Crippen molar-refractivity contribution in [3.63, 3.8) is 0 Å². The Bertz CT molecular complexity index is 646. The Morgan fingerprint density at radius 2 is 2.09 bits per heavy atom. The summed E-state index contributed by atoms with van der Waals surface area (Å²) in [5.41, 5.74) is 8.47. The summed E-state index contributed by atoms with van der Waals surface area (Å²) in [5, 5.41) is 10.8. The lowest BCUT2D eigenvalue weighted by molar-refractivity contribution is 0.0266. The summed E-state index contributed by atoms with van der Waals surface area (Å²) < 4.78 is 0. The quantitative estimate of drug-likeness (QED) is 0.781. The number of benzene rings is 1. The number of fused-ring (bicyclic) bond motifs is 2. The van der Waals surface area contributed by atoms with E-state index in [-0.39, 0.29) is 11.5 Å². The summed E-state index contributed by atoms with van der Waals surface area (Å²) in [4.78, 5) is 9.84. The van der Waals surface area contributed by atoms with Crippen LogP contribution in [-0.2, 0) is 12.0 Å². The first kappa shape index (κ1) is 13.9. The molecular weight excluding hydrogens is 276 g/mol. The Balaban J connectivity index is 1.55. The predicted octanol–water partition coefficient (Wildman–Crippen LogP) is 1.32. The molecule has 0 saturated carbocycles. The molecule has 2 atom stereocenters. The first-order chi connectivity index (χ1) is 10.7. The normalized spacial score (nSPS) is 27.2. The molecule has 1 aromatic carbocycles. The molecule has 5 heteroatoms. The topological polar surface area (TPSA) is 78.2 Å². The van der Waals surface area contributed by atoms with Crippen molar-refractivity contribution < 1.29 is 5.11 Å². The molecule has 1 aromatic heterocycles. The molecule has 4 N–H and O–H groups in total. The van der Waals surface area contributed by atoms with Gasteiger partial charge in [0.05, 0.1) is 18.7 Å². The third-order valence-electron chi connectivity index (χ3n) is 5.44. The number of likely N-dealkylation sites (tertiary alicyclic amines) is 1. The number of aliphatic hydroxyl groups is 1. The van der Waals surface area contributed by atoms with E-state index in [9.17, 15) is 5.11 Å². The number of nitrogens with zero attached hydrogens (tertiary/aromatic N) is 2. The van der Waals surface area contributed by atoms with Crippen LogP contribution in [0.1, 0.15) is 35.8 Å². The van der Waals surface area contributed by atoms with E-state index >= 15 is 0 Å². The van der Waals surface area contributed by atoms with Crippen molar-refractivity contribution in [2.75, 3.05) is 13.1 Å². The van der Waals surface area contributed by atoms with E-state index in [1.807, 2.05) is 12.3 Å². The summed E-state index contributed by atoms with van der Waals surface area (Å²) >= 11 is 0. The van der Waals surface area contributed by atoms with Crippen molar-refractivity contribution in [3.05, 3.63) is 53.6 Å². The maximum atomic E-state index is 10.8. The van der Waals surface area contributed by atoms with E-state index < -0.39 is 6.10 Å². The van der Waals surface area contributed by atoms with Crippen molar-refractivity contribution in [1.29, 1.82) is 0 Å². The fourth-order valence-electron chi connectivity index (χ4n) is 4.19. The molecule has 1 saturated heterocycles. The highest BCUT2D eigenvalue weighted by molar-refractivity contribution is 5.45. The number of H-pyrrole nitrogens is 1. The van der Waals surface area contributed by atoms with E-state index in [1.54, 1.807) is 6.20 Å². The minimum absolute atomic E-state index is 0.171. The zero-order valence-corrected chi connectivity index (χ0v) is 12.6. The number of hydrogen-bond acceptors (Lipinski definition) is 4. The monoisotopic (exact) mass is 298 g/mol. The van der Waals surface area contributed by atoms with Gasteiger partial charge in [-0.05, 0) is 37.1 Å². The fraction of sp³-hybridized carbons (Fsp3) is 0.471. The zero-order chi connectivity index (χ0) is 15.2. The van der Waals surface area contributed by atoms with Gasteiger partial charge in [0.2, 0.25) is 0 Å². The molecule has 2 aromatic rings. The maximum Gasteiger partial charge on any atom is 0.120 e. The lowest BCUT2D eigenvalue weighted by Gasteiger charge is -2.42. The highest BCUT2D eigenvalue weighted by Crippen LogP contribution is 2.50. The van der Waals surface area contributed by atoms with Crippen molar-refractivity contribution in [3.8, 4) is 0 Å². The molecule has 1 spiro atoms. The fourth-order valence-corrected chi connectivity index (χ4v) is 4.19.